The average molecular weight is 560 g/mol. The van der Waals surface area contributed by atoms with Gasteiger partial charge in [-0.05, 0) is 32.6 Å². The van der Waals surface area contributed by atoms with Crippen LogP contribution in [0.4, 0.5) is 0 Å². The van der Waals surface area contributed by atoms with Crippen LogP contribution in [-0.2, 0) is 0 Å². The molecule has 0 saturated heterocycles. The summed E-state index contributed by atoms with van der Waals surface area (Å²) in [5, 5.41) is 0. The molecule has 0 spiro atoms. The molecule has 1 aromatic rings. The van der Waals surface area contributed by atoms with Crippen LogP contribution in [0, 0.1) is 0 Å². The summed E-state index contributed by atoms with van der Waals surface area (Å²) < 4.78 is 2.63. The van der Waals surface area contributed by atoms with Gasteiger partial charge in [0.05, 0.1) is 12.0 Å². The van der Waals surface area contributed by atoms with Gasteiger partial charge in [-0.25, -0.2) is 9.55 Å². The molecule has 0 aliphatic carbocycles. The van der Waals surface area contributed by atoms with Crippen molar-refractivity contribution in [3.05, 3.63) is 18.2 Å². The zero-order valence-corrected chi connectivity index (χ0v) is 28.3. The Kier molecular flexibility index (Phi) is 26.4. The Morgan fingerprint density at radius 2 is 0.800 bits per heavy atom. The molecule has 1 aromatic heterocycles. The summed E-state index contributed by atoms with van der Waals surface area (Å²) in [6.45, 7) is 9.40. The van der Waals surface area contributed by atoms with E-state index in [0.29, 0.717) is 12.0 Å². The summed E-state index contributed by atoms with van der Waals surface area (Å²) >= 11 is 0. The Hall–Kier alpha value is -0.790. The van der Waals surface area contributed by atoms with Crippen molar-refractivity contribution in [1.29, 1.82) is 0 Å². The first-order chi connectivity index (χ1) is 19.7. The topological polar surface area (TPSA) is 19.7 Å². The normalized spacial score (nSPS) is 13.2. The SMILES string of the molecule is CCCCCCCCCCCCCCCC(CCCCCCCC)c1[nH]cc[n+]1C(C)CCCCCCCCC. The Labute approximate surface area is 253 Å². The van der Waals surface area contributed by atoms with E-state index in [9.17, 15) is 0 Å². The first-order valence-electron chi connectivity index (χ1n) is 18.8. The van der Waals surface area contributed by atoms with E-state index in [4.69, 9.17) is 0 Å². The van der Waals surface area contributed by atoms with Crippen molar-refractivity contribution in [2.45, 2.75) is 226 Å². The monoisotopic (exact) mass is 560 g/mol. The maximum atomic E-state index is 3.73. The molecule has 2 heteroatoms. The summed E-state index contributed by atoms with van der Waals surface area (Å²) in [6, 6.07) is 0.621. The molecule has 0 fully saturated rings. The van der Waals surface area contributed by atoms with Crippen molar-refractivity contribution in [1.82, 2.24) is 4.98 Å². The van der Waals surface area contributed by atoms with E-state index >= 15 is 0 Å². The molecule has 0 bridgehead atoms. The van der Waals surface area contributed by atoms with Gasteiger partial charge in [-0.1, -0.05) is 181 Å². The molecule has 0 aliphatic heterocycles. The van der Waals surface area contributed by atoms with E-state index in [1.807, 2.05) is 0 Å². The quantitative estimate of drug-likeness (QED) is 0.0689. The fraction of sp³-hybridized carbons (Fsp3) is 0.921. The fourth-order valence-corrected chi connectivity index (χ4v) is 6.60. The third kappa shape index (κ3) is 20.1. The van der Waals surface area contributed by atoms with Gasteiger partial charge >= 0.3 is 0 Å². The van der Waals surface area contributed by atoms with E-state index in [1.165, 1.54) is 192 Å². The number of rotatable bonds is 31. The van der Waals surface area contributed by atoms with Gasteiger partial charge < -0.3 is 0 Å². The van der Waals surface area contributed by atoms with Gasteiger partial charge in [0, 0.05) is 0 Å². The van der Waals surface area contributed by atoms with Gasteiger partial charge in [0.25, 0.3) is 5.82 Å². The minimum Gasteiger partial charge on any atom is -0.247 e. The lowest BCUT2D eigenvalue weighted by atomic mass is 9.92. The fourth-order valence-electron chi connectivity index (χ4n) is 6.60. The van der Waals surface area contributed by atoms with E-state index in [-0.39, 0.29) is 0 Å². The number of imidazole rings is 1. The molecule has 0 radical (unpaired) electrons. The van der Waals surface area contributed by atoms with Gasteiger partial charge in [-0.3, -0.25) is 0 Å². The van der Waals surface area contributed by atoms with Crippen LogP contribution >= 0.6 is 0 Å². The van der Waals surface area contributed by atoms with Crippen molar-refractivity contribution in [2.24, 2.45) is 0 Å². The molecule has 0 aliphatic rings. The van der Waals surface area contributed by atoms with Crippen LogP contribution in [0.3, 0.4) is 0 Å². The van der Waals surface area contributed by atoms with E-state index in [0.717, 1.165) is 0 Å². The molecule has 2 nitrogen and oxygen atoms in total. The maximum Gasteiger partial charge on any atom is 0.257 e. The molecular formula is C38H75N2+. The standard InChI is InChI=1S/C38H74N2/c1-5-8-11-14-17-18-19-20-21-22-24-27-30-33-37(32-29-26-16-13-10-7-3)38-39-34-35-40(38)36(4)31-28-25-23-15-12-9-6-2/h34-37H,5-33H2,1-4H3/p+1. The molecule has 0 saturated carbocycles. The number of aromatic amines is 1. The second-order valence-electron chi connectivity index (χ2n) is 13.3. The number of hydrogen-bond donors (Lipinski definition) is 1. The van der Waals surface area contributed by atoms with Crippen LogP contribution in [0.5, 0.6) is 0 Å². The third-order valence-electron chi connectivity index (χ3n) is 9.39. The highest BCUT2D eigenvalue weighted by Gasteiger charge is 2.25. The second kappa shape index (κ2) is 28.3. The predicted molar refractivity (Wildman–Crippen MR) is 179 cm³/mol. The lowest BCUT2D eigenvalue weighted by Gasteiger charge is -2.17. The molecule has 0 amide bonds. The number of unbranched alkanes of at least 4 members (excludes halogenated alkanes) is 23. The number of nitrogens with one attached hydrogen (secondary N) is 1. The van der Waals surface area contributed by atoms with Gasteiger partial charge in [0.15, 0.2) is 0 Å². The maximum absolute atomic E-state index is 3.73. The summed E-state index contributed by atoms with van der Waals surface area (Å²) in [4.78, 5) is 3.73. The lowest BCUT2D eigenvalue weighted by Crippen LogP contribution is -2.41. The zero-order valence-electron chi connectivity index (χ0n) is 28.3. The van der Waals surface area contributed by atoms with Crippen molar-refractivity contribution in [2.75, 3.05) is 0 Å². The highest BCUT2D eigenvalue weighted by molar-refractivity contribution is 4.90. The van der Waals surface area contributed by atoms with Gasteiger partial charge in [0.2, 0.25) is 0 Å². The van der Waals surface area contributed by atoms with E-state index in [2.05, 4.69) is 49.6 Å². The minimum absolute atomic E-state index is 0.621. The Balaban J connectivity index is 2.39. The smallest absolute Gasteiger partial charge is 0.247 e. The molecule has 1 rings (SSSR count). The molecule has 40 heavy (non-hydrogen) atoms. The Morgan fingerprint density at radius 1 is 0.475 bits per heavy atom. The van der Waals surface area contributed by atoms with Crippen LogP contribution in [0.25, 0.3) is 0 Å². The summed E-state index contributed by atoms with van der Waals surface area (Å²) in [5.74, 6) is 2.24. The molecule has 236 valence electrons. The minimum atomic E-state index is 0.621. The Morgan fingerprint density at radius 3 is 1.18 bits per heavy atom. The number of H-pyrrole nitrogens is 1. The first kappa shape index (κ1) is 37.2. The van der Waals surface area contributed by atoms with Crippen molar-refractivity contribution in [3.8, 4) is 0 Å². The molecule has 1 N–H and O–H groups in total. The molecule has 0 aromatic carbocycles. The highest BCUT2D eigenvalue weighted by Crippen LogP contribution is 2.27. The first-order valence-corrected chi connectivity index (χ1v) is 18.8. The largest absolute Gasteiger partial charge is 0.257 e. The lowest BCUT2D eigenvalue weighted by molar-refractivity contribution is -0.727. The van der Waals surface area contributed by atoms with Crippen molar-refractivity contribution >= 4 is 0 Å². The van der Waals surface area contributed by atoms with Crippen LogP contribution < -0.4 is 4.57 Å². The predicted octanol–water partition coefficient (Wildman–Crippen LogP) is 13.3. The van der Waals surface area contributed by atoms with Crippen molar-refractivity contribution in [3.63, 3.8) is 0 Å². The zero-order chi connectivity index (χ0) is 28.9. The molecular weight excluding hydrogens is 484 g/mol. The van der Waals surface area contributed by atoms with E-state index < -0.39 is 0 Å². The van der Waals surface area contributed by atoms with Gasteiger partial charge in [0.1, 0.15) is 12.4 Å². The number of hydrogen-bond acceptors (Lipinski definition) is 0. The molecule has 1 heterocycles. The van der Waals surface area contributed by atoms with Crippen LogP contribution in [0.2, 0.25) is 0 Å². The Bertz CT molecular complexity index is 621. The van der Waals surface area contributed by atoms with Gasteiger partial charge in [-0.15, -0.1) is 0 Å². The van der Waals surface area contributed by atoms with Crippen molar-refractivity contribution < 1.29 is 4.57 Å². The van der Waals surface area contributed by atoms with Crippen LogP contribution in [0.1, 0.15) is 232 Å². The van der Waals surface area contributed by atoms with E-state index in [1.54, 1.807) is 0 Å². The van der Waals surface area contributed by atoms with Crippen LogP contribution in [0.15, 0.2) is 12.4 Å². The summed E-state index contributed by atoms with van der Waals surface area (Å²) in [5.41, 5.74) is 0. The number of nitrogens with zero attached hydrogens (tertiary/aromatic N) is 1. The molecule has 2 atom stereocenters. The molecule has 2 unspecified atom stereocenters. The van der Waals surface area contributed by atoms with Crippen LogP contribution in [-0.4, -0.2) is 4.98 Å². The number of aromatic nitrogens is 2. The summed E-state index contributed by atoms with van der Waals surface area (Å²) in [7, 11) is 0. The third-order valence-corrected chi connectivity index (χ3v) is 9.39. The van der Waals surface area contributed by atoms with Gasteiger partial charge in [-0.2, -0.15) is 0 Å². The highest BCUT2D eigenvalue weighted by atomic mass is 15.1. The second-order valence-corrected chi connectivity index (χ2v) is 13.3. The summed E-state index contributed by atoms with van der Waals surface area (Å²) in [6.07, 6.45) is 45.7. The average Bonchev–Trinajstić information content (AvgIpc) is 3.45.